The molecule has 1 aliphatic carbocycles. The maximum atomic E-state index is 12.7. The normalized spacial score (nSPS) is 14.0. The number of carbonyl (C=O) groups is 1. The van der Waals surface area contributed by atoms with Crippen LogP contribution in [0.5, 0.6) is 5.75 Å². The minimum Gasteiger partial charge on any atom is -0.497 e. The van der Waals surface area contributed by atoms with Gasteiger partial charge in [0, 0.05) is 24.7 Å². The smallest absolute Gasteiger partial charge is 0.247 e. The Morgan fingerprint density at radius 3 is 2.69 bits per heavy atom. The van der Waals surface area contributed by atoms with E-state index in [0.717, 1.165) is 35.3 Å². The molecule has 1 fully saturated rings. The zero-order chi connectivity index (χ0) is 17.9. The van der Waals surface area contributed by atoms with Gasteiger partial charge in [-0.25, -0.2) is 4.98 Å². The van der Waals surface area contributed by atoms with Gasteiger partial charge in [0.2, 0.25) is 11.8 Å². The first kappa shape index (κ1) is 16.4. The number of hydrogen-bond donors (Lipinski definition) is 0. The Morgan fingerprint density at radius 1 is 1.23 bits per heavy atom. The summed E-state index contributed by atoms with van der Waals surface area (Å²) in [7, 11) is 1.64. The van der Waals surface area contributed by atoms with Crippen molar-refractivity contribution in [2.45, 2.75) is 25.4 Å². The van der Waals surface area contributed by atoms with Crippen LogP contribution in [-0.2, 0) is 11.3 Å². The summed E-state index contributed by atoms with van der Waals surface area (Å²) in [5.74, 6) is 1.24. The number of rotatable bonds is 6. The van der Waals surface area contributed by atoms with Crippen LogP contribution in [0, 0.1) is 0 Å². The molecule has 4 rings (SSSR count). The average molecular weight is 348 g/mol. The van der Waals surface area contributed by atoms with E-state index in [4.69, 9.17) is 9.15 Å². The lowest BCUT2D eigenvalue weighted by atomic mass is 10.2. The van der Waals surface area contributed by atoms with Crippen LogP contribution in [0.3, 0.4) is 0 Å². The summed E-state index contributed by atoms with van der Waals surface area (Å²) in [4.78, 5) is 19.0. The van der Waals surface area contributed by atoms with Gasteiger partial charge in [0.15, 0.2) is 5.58 Å². The molecule has 0 N–H and O–H groups in total. The molecule has 0 bridgehead atoms. The van der Waals surface area contributed by atoms with Gasteiger partial charge in [0.25, 0.3) is 0 Å². The van der Waals surface area contributed by atoms with Gasteiger partial charge in [-0.3, -0.25) is 4.79 Å². The average Bonchev–Trinajstić information content (AvgIpc) is 3.43. The van der Waals surface area contributed by atoms with Crippen LogP contribution in [0.2, 0.25) is 0 Å². The monoisotopic (exact) mass is 348 g/mol. The molecule has 1 aromatic heterocycles. The summed E-state index contributed by atoms with van der Waals surface area (Å²) in [5.41, 5.74) is 2.59. The Morgan fingerprint density at radius 2 is 2.00 bits per heavy atom. The van der Waals surface area contributed by atoms with Crippen molar-refractivity contribution in [3.05, 3.63) is 66.1 Å². The minimum atomic E-state index is -0.0226. The molecule has 5 nitrogen and oxygen atoms in total. The van der Waals surface area contributed by atoms with Gasteiger partial charge in [-0.2, -0.15) is 0 Å². The van der Waals surface area contributed by atoms with Crippen molar-refractivity contribution in [2.24, 2.45) is 0 Å². The van der Waals surface area contributed by atoms with Gasteiger partial charge in [-0.15, -0.1) is 0 Å². The van der Waals surface area contributed by atoms with Crippen LogP contribution in [0.4, 0.5) is 0 Å². The highest BCUT2D eigenvalue weighted by molar-refractivity contribution is 5.92. The molecule has 0 atom stereocenters. The van der Waals surface area contributed by atoms with Crippen molar-refractivity contribution in [1.29, 1.82) is 0 Å². The van der Waals surface area contributed by atoms with Crippen molar-refractivity contribution < 1.29 is 13.9 Å². The fourth-order valence-electron chi connectivity index (χ4n) is 2.90. The molecule has 1 aliphatic rings. The third-order valence-corrected chi connectivity index (χ3v) is 4.46. The minimum absolute atomic E-state index is 0.0226. The third-order valence-electron chi connectivity index (χ3n) is 4.46. The Hall–Kier alpha value is -3.08. The SMILES string of the molecule is COc1ccc(CN(C(=O)/C=C/c2nc3ccccc3o2)C2CC2)cc1. The van der Waals surface area contributed by atoms with Crippen molar-refractivity contribution in [3.63, 3.8) is 0 Å². The molecular weight excluding hydrogens is 328 g/mol. The van der Waals surface area contributed by atoms with Crippen LogP contribution in [0.25, 0.3) is 17.2 Å². The second-order valence-corrected chi connectivity index (χ2v) is 6.40. The molecule has 132 valence electrons. The standard InChI is InChI=1S/C21H20N2O3/c1-25-17-10-6-15(7-11-17)14-23(16-8-9-16)21(24)13-12-20-22-18-4-2-3-5-19(18)26-20/h2-7,10-13,16H,8-9,14H2,1H3/b13-12+. The number of carbonyl (C=O) groups excluding carboxylic acids is 1. The number of benzene rings is 2. The van der Waals surface area contributed by atoms with Crippen molar-refractivity contribution in [1.82, 2.24) is 9.88 Å². The summed E-state index contributed by atoms with van der Waals surface area (Å²) in [6.07, 6.45) is 5.30. The maximum Gasteiger partial charge on any atom is 0.247 e. The van der Waals surface area contributed by atoms with Crippen molar-refractivity contribution in [2.75, 3.05) is 7.11 Å². The number of methoxy groups -OCH3 is 1. The molecule has 5 heteroatoms. The number of oxazole rings is 1. The Kier molecular flexibility index (Phi) is 4.44. The first-order valence-corrected chi connectivity index (χ1v) is 8.70. The topological polar surface area (TPSA) is 55.6 Å². The number of ether oxygens (including phenoxy) is 1. The van der Waals surface area contributed by atoms with Crippen LogP contribution < -0.4 is 4.74 Å². The van der Waals surface area contributed by atoms with Crippen molar-refractivity contribution in [3.8, 4) is 5.75 Å². The molecule has 3 aromatic rings. The predicted octanol–water partition coefficient (Wildman–Crippen LogP) is 4.04. The number of aromatic nitrogens is 1. The second-order valence-electron chi connectivity index (χ2n) is 6.40. The highest BCUT2D eigenvalue weighted by Crippen LogP contribution is 2.29. The second kappa shape index (κ2) is 7.04. The third kappa shape index (κ3) is 3.61. The van der Waals surface area contributed by atoms with Crippen LogP contribution in [0.1, 0.15) is 24.3 Å². The van der Waals surface area contributed by atoms with Crippen LogP contribution >= 0.6 is 0 Å². The summed E-state index contributed by atoms with van der Waals surface area (Å²) in [5, 5.41) is 0. The highest BCUT2D eigenvalue weighted by atomic mass is 16.5. The van der Waals surface area contributed by atoms with E-state index in [1.165, 1.54) is 0 Å². The van der Waals surface area contributed by atoms with E-state index in [2.05, 4.69) is 4.98 Å². The van der Waals surface area contributed by atoms with E-state index < -0.39 is 0 Å². The lowest BCUT2D eigenvalue weighted by Crippen LogP contribution is -2.31. The molecule has 1 amide bonds. The largest absolute Gasteiger partial charge is 0.497 e. The number of amides is 1. The fraction of sp³-hybridized carbons (Fsp3) is 0.238. The molecule has 0 saturated heterocycles. The van der Waals surface area contributed by atoms with E-state index in [1.807, 2.05) is 53.4 Å². The molecule has 1 saturated carbocycles. The summed E-state index contributed by atoms with van der Waals surface area (Å²) >= 11 is 0. The molecule has 0 spiro atoms. The van der Waals surface area contributed by atoms with E-state index in [9.17, 15) is 4.79 Å². The number of hydrogen-bond acceptors (Lipinski definition) is 4. The Balaban J connectivity index is 1.48. The van der Waals surface area contributed by atoms with Gasteiger partial charge in [-0.05, 0) is 42.7 Å². The van der Waals surface area contributed by atoms with E-state index >= 15 is 0 Å². The maximum absolute atomic E-state index is 12.7. The number of fused-ring (bicyclic) bond motifs is 1. The van der Waals surface area contributed by atoms with Crippen LogP contribution in [-0.4, -0.2) is 28.9 Å². The van der Waals surface area contributed by atoms with E-state index in [1.54, 1.807) is 19.3 Å². The number of nitrogens with zero attached hydrogens (tertiary/aromatic N) is 2. The Labute approximate surface area is 151 Å². The van der Waals surface area contributed by atoms with Gasteiger partial charge in [-0.1, -0.05) is 24.3 Å². The van der Waals surface area contributed by atoms with Gasteiger partial charge in [0.05, 0.1) is 7.11 Å². The van der Waals surface area contributed by atoms with E-state index in [0.29, 0.717) is 18.5 Å². The molecule has 1 heterocycles. The fourth-order valence-corrected chi connectivity index (χ4v) is 2.90. The van der Waals surface area contributed by atoms with Crippen molar-refractivity contribution >= 4 is 23.1 Å². The quantitative estimate of drug-likeness (QED) is 0.631. The summed E-state index contributed by atoms with van der Waals surface area (Å²) < 4.78 is 10.8. The lowest BCUT2D eigenvalue weighted by molar-refractivity contribution is -0.127. The molecule has 2 aromatic carbocycles. The molecule has 0 aliphatic heterocycles. The highest BCUT2D eigenvalue weighted by Gasteiger charge is 2.31. The first-order valence-electron chi connectivity index (χ1n) is 8.70. The predicted molar refractivity (Wildman–Crippen MR) is 99.6 cm³/mol. The summed E-state index contributed by atoms with van der Waals surface area (Å²) in [6, 6.07) is 15.7. The first-order chi connectivity index (χ1) is 12.7. The van der Waals surface area contributed by atoms with E-state index in [-0.39, 0.29) is 5.91 Å². The lowest BCUT2D eigenvalue weighted by Gasteiger charge is -2.21. The molecule has 26 heavy (non-hydrogen) atoms. The molecule has 0 unspecified atom stereocenters. The summed E-state index contributed by atoms with van der Waals surface area (Å²) in [6.45, 7) is 0.589. The molecule has 0 radical (unpaired) electrons. The number of para-hydroxylation sites is 2. The Bertz CT molecular complexity index is 906. The zero-order valence-corrected chi connectivity index (χ0v) is 14.6. The zero-order valence-electron chi connectivity index (χ0n) is 14.6. The van der Waals surface area contributed by atoms with Gasteiger partial charge in [0.1, 0.15) is 11.3 Å². The van der Waals surface area contributed by atoms with Gasteiger partial charge >= 0.3 is 0 Å². The van der Waals surface area contributed by atoms with Gasteiger partial charge < -0.3 is 14.1 Å². The van der Waals surface area contributed by atoms with Crippen LogP contribution in [0.15, 0.2) is 59.0 Å². The molecular formula is C21H20N2O3.